The fourth-order valence-electron chi connectivity index (χ4n) is 4.90. The molecule has 4 aromatic rings. The Labute approximate surface area is 223 Å². The van der Waals surface area contributed by atoms with Gasteiger partial charge in [-0.2, -0.15) is 0 Å². The molecule has 0 aliphatic heterocycles. The Balaban J connectivity index is 1.29. The normalized spacial score (nSPS) is 14.5. The van der Waals surface area contributed by atoms with Crippen LogP contribution < -0.4 is 5.32 Å². The number of carbonyl (C=O) groups is 2. The summed E-state index contributed by atoms with van der Waals surface area (Å²) in [5.74, 6) is 0.400. The van der Waals surface area contributed by atoms with Crippen molar-refractivity contribution < 1.29 is 18.8 Å². The second-order valence-corrected chi connectivity index (χ2v) is 9.91. The highest BCUT2D eigenvalue weighted by molar-refractivity contribution is 5.87. The number of esters is 1. The molecule has 1 heterocycles. The Morgan fingerprint density at radius 2 is 1.55 bits per heavy atom. The van der Waals surface area contributed by atoms with E-state index < -0.39 is 5.41 Å². The molecule has 38 heavy (non-hydrogen) atoms. The van der Waals surface area contributed by atoms with E-state index in [0.29, 0.717) is 18.1 Å². The number of carbonyl (C=O) groups excluding carboxylic acids is 2. The van der Waals surface area contributed by atoms with Gasteiger partial charge < -0.3 is 14.6 Å². The van der Waals surface area contributed by atoms with E-state index in [1.54, 1.807) is 0 Å². The summed E-state index contributed by atoms with van der Waals surface area (Å²) in [7, 11) is 0. The van der Waals surface area contributed by atoms with Crippen molar-refractivity contribution in [1.82, 2.24) is 10.5 Å². The van der Waals surface area contributed by atoms with Gasteiger partial charge in [0.25, 0.3) is 0 Å². The van der Waals surface area contributed by atoms with Gasteiger partial charge in [0.2, 0.25) is 5.91 Å². The molecular formula is C32H32N2O4. The number of benzene rings is 3. The Morgan fingerprint density at radius 3 is 2.16 bits per heavy atom. The second-order valence-electron chi connectivity index (χ2n) is 9.91. The third-order valence-electron chi connectivity index (χ3n) is 7.33. The van der Waals surface area contributed by atoms with E-state index in [0.717, 1.165) is 46.2 Å². The smallest absolute Gasteiger partial charge is 0.316 e. The molecular weight excluding hydrogens is 476 g/mol. The fourth-order valence-corrected chi connectivity index (χ4v) is 4.90. The minimum absolute atomic E-state index is 0.0816. The van der Waals surface area contributed by atoms with Crippen molar-refractivity contribution in [2.24, 2.45) is 0 Å². The van der Waals surface area contributed by atoms with Crippen LogP contribution >= 0.6 is 0 Å². The second kappa shape index (κ2) is 10.7. The van der Waals surface area contributed by atoms with E-state index in [4.69, 9.17) is 9.26 Å². The molecule has 0 radical (unpaired) electrons. The highest BCUT2D eigenvalue weighted by Crippen LogP contribution is 2.49. The van der Waals surface area contributed by atoms with Gasteiger partial charge in [0.1, 0.15) is 0 Å². The molecule has 0 bridgehead atoms. The van der Waals surface area contributed by atoms with Crippen LogP contribution in [0.3, 0.4) is 0 Å². The van der Waals surface area contributed by atoms with Crippen LogP contribution in [0, 0.1) is 6.92 Å². The SMILES string of the molecule is CCOC(=O)C1(c2ccc(-c3ccc(-c4onc(C)c4CC(=O)NC(C)c4ccccc4)cc3)cc2)CC1. The standard InChI is InChI=1S/C32H32N2O4/c1-4-37-31(36)32(18-19-32)27-16-14-25(15-17-27)24-10-12-26(13-11-24)30-28(22(3)34-38-30)20-29(35)33-21(2)23-8-6-5-7-9-23/h5-17,21H,4,18-20H2,1-3H3,(H,33,35). The molecule has 5 rings (SSSR count). The van der Waals surface area contributed by atoms with Gasteiger partial charge in [0, 0.05) is 11.1 Å². The number of hydrogen-bond donors (Lipinski definition) is 1. The fraction of sp³-hybridized carbons (Fsp3) is 0.281. The lowest BCUT2D eigenvalue weighted by molar-refractivity contribution is -0.146. The first kappa shape index (κ1) is 25.5. The van der Waals surface area contributed by atoms with Crippen molar-refractivity contribution in [3.05, 3.63) is 101 Å². The van der Waals surface area contributed by atoms with Crippen molar-refractivity contribution in [2.75, 3.05) is 6.61 Å². The number of ether oxygens (including phenoxy) is 1. The molecule has 1 aliphatic rings. The van der Waals surface area contributed by atoms with Crippen LogP contribution in [-0.4, -0.2) is 23.6 Å². The lowest BCUT2D eigenvalue weighted by atomic mass is 9.93. The average Bonchev–Trinajstić information content (AvgIpc) is 3.68. The van der Waals surface area contributed by atoms with Crippen LogP contribution in [0.1, 0.15) is 55.1 Å². The van der Waals surface area contributed by atoms with Gasteiger partial charge >= 0.3 is 5.97 Å². The van der Waals surface area contributed by atoms with Crippen molar-refractivity contribution >= 4 is 11.9 Å². The number of amides is 1. The quantitative estimate of drug-likeness (QED) is 0.267. The molecule has 1 aliphatic carbocycles. The number of hydrogen-bond acceptors (Lipinski definition) is 5. The van der Waals surface area contributed by atoms with Crippen molar-refractivity contribution in [3.63, 3.8) is 0 Å². The zero-order chi connectivity index (χ0) is 26.7. The van der Waals surface area contributed by atoms with Crippen molar-refractivity contribution in [2.45, 2.75) is 51.5 Å². The van der Waals surface area contributed by atoms with Gasteiger partial charge in [-0.1, -0.05) is 84.0 Å². The van der Waals surface area contributed by atoms with Gasteiger partial charge in [-0.15, -0.1) is 0 Å². The molecule has 1 aromatic heterocycles. The average molecular weight is 509 g/mol. The van der Waals surface area contributed by atoms with Gasteiger partial charge in [0.05, 0.1) is 30.2 Å². The molecule has 1 unspecified atom stereocenters. The third-order valence-corrected chi connectivity index (χ3v) is 7.33. The molecule has 3 aromatic carbocycles. The largest absolute Gasteiger partial charge is 0.465 e. The summed E-state index contributed by atoms with van der Waals surface area (Å²) >= 11 is 0. The summed E-state index contributed by atoms with van der Waals surface area (Å²) in [6, 6.07) is 26.0. The van der Waals surface area contributed by atoms with Crippen LogP contribution in [-0.2, 0) is 26.2 Å². The molecule has 1 saturated carbocycles. The first-order chi connectivity index (χ1) is 18.4. The summed E-state index contributed by atoms with van der Waals surface area (Å²) in [4.78, 5) is 25.2. The molecule has 1 atom stereocenters. The van der Waals surface area contributed by atoms with Gasteiger partial charge in [-0.25, -0.2) is 0 Å². The summed E-state index contributed by atoms with van der Waals surface area (Å²) in [5.41, 5.74) is 6.06. The molecule has 194 valence electrons. The molecule has 1 fully saturated rings. The highest BCUT2D eigenvalue weighted by atomic mass is 16.5. The summed E-state index contributed by atoms with van der Waals surface area (Å²) < 4.78 is 10.9. The van der Waals surface area contributed by atoms with E-state index in [1.165, 1.54) is 0 Å². The Morgan fingerprint density at radius 1 is 0.947 bits per heavy atom. The molecule has 1 amide bonds. The number of aromatic nitrogens is 1. The Kier molecular flexibility index (Phi) is 7.14. The maximum atomic E-state index is 12.8. The molecule has 6 nitrogen and oxygen atoms in total. The molecule has 0 saturated heterocycles. The van der Waals surface area contributed by atoms with Gasteiger partial charge in [-0.3, -0.25) is 9.59 Å². The predicted molar refractivity (Wildman–Crippen MR) is 146 cm³/mol. The molecule has 1 N–H and O–H groups in total. The van der Waals surface area contributed by atoms with Crippen LogP contribution in [0.15, 0.2) is 83.4 Å². The number of rotatable bonds is 9. The van der Waals surface area contributed by atoms with Crippen molar-refractivity contribution in [1.29, 1.82) is 0 Å². The van der Waals surface area contributed by atoms with Gasteiger partial charge in [0.15, 0.2) is 5.76 Å². The van der Waals surface area contributed by atoms with Crippen LogP contribution in [0.25, 0.3) is 22.5 Å². The minimum atomic E-state index is -0.468. The Bertz CT molecular complexity index is 1420. The van der Waals surface area contributed by atoms with Crippen LogP contribution in [0.5, 0.6) is 0 Å². The van der Waals surface area contributed by atoms with E-state index in [2.05, 4.69) is 10.5 Å². The van der Waals surface area contributed by atoms with Crippen LogP contribution in [0.2, 0.25) is 0 Å². The topological polar surface area (TPSA) is 81.4 Å². The summed E-state index contributed by atoms with van der Waals surface area (Å²) in [6.45, 7) is 6.07. The zero-order valence-corrected chi connectivity index (χ0v) is 22.0. The first-order valence-corrected chi connectivity index (χ1v) is 13.1. The monoisotopic (exact) mass is 508 g/mol. The first-order valence-electron chi connectivity index (χ1n) is 13.1. The van der Waals surface area contributed by atoms with Crippen molar-refractivity contribution in [3.8, 4) is 22.5 Å². The van der Waals surface area contributed by atoms with Gasteiger partial charge in [-0.05, 0) is 55.9 Å². The minimum Gasteiger partial charge on any atom is -0.465 e. The summed E-state index contributed by atoms with van der Waals surface area (Å²) in [5, 5.41) is 7.20. The lowest BCUT2D eigenvalue weighted by Crippen LogP contribution is -2.28. The van der Waals surface area contributed by atoms with Crippen LogP contribution in [0.4, 0.5) is 0 Å². The van der Waals surface area contributed by atoms with E-state index >= 15 is 0 Å². The number of nitrogens with zero attached hydrogens (tertiary/aromatic N) is 1. The third kappa shape index (κ3) is 5.12. The van der Waals surface area contributed by atoms with E-state index in [-0.39, 0.29) is 24.3 Å². The van der Waals surface area contributed by atoms with E-state index in [9.17, 15) is 9.59 Å². The number of nitrogens with one attached hydrogen (secondary N) is 1. The lowest BCUT2D eigenvalue weighted by Gasteiger charge is -2.15. The summed E-state index contributed by atoms with van der Waals surface area (Å²) in [6.07, 6.45) is 1.86. The Hall–Kier alpha value is -4.19. The maximum absolute atomic E-state index is 12.8. The maximum Gasteiger partial charge on any atom is 0.316 e. The number of aryl methyl sites for hydroxylation is 1. The van der Waals surface area contributed by atoms with E-state index in [1.807, 2.05) is 99.6 Å². The molecule has 6 heteroatoms. The molecule has 0 spiro atoms. The highest BCUT2D eigenvalue weighted by Gasteiger charge is 2.52. The predicted octanol–water partition coefficient (Wildman–Crippen LogP) is 6.33. The zero-order valence-electron chi connectivity index (χ0n) is 22.0.